The Labute approximate surface area is 241 Å². The molecule has 1 aliphatic heterocycles. The zero-order chi connectivity index (χ0) is 31.2. The molecular formula is C28H35F3N4O6S. The molecule has 1 atom stereocenters. The van der Waals surface area contributed by atoms with Crippen LogP contribution in [0.5, 0.6) is 0 Å². The van der Waals surface area contributed by atoms with Gasteiger partial charge in [0, 0.05) is 37.8 Å². The van der Waals surface area contributed by atoms with Crippen LogP contribution in [0.2, 0.25) is 0 Å². The van der Waals surface area contributed by atoms with Gasteiger partial charge in [0.05, 0.1) is 22.9 Å². The van der Waals surface area contributed by atoms with Gasteiger partial charge in [-0.2, -0.15) is 13.2 Å². The molecule has 1 amide bonds. The number of benzene rings is 2. The monoisotopic (exact) mass is 612 g/mol. The van der Waals surface area contributed by atoms with Crippen molar-refractivity contribution in [3.05, 3.63) is 59.3 Å². The fraction of sp³-hybridized carbons (Fsp3) is 0.429. The van der Waals surface area contributed by atoms with Gasteiger partial charge in [0.1, 0.15) is 0 Å². The first-order valence-corrected chi connectivity index (χ1v) is 15.0. The van der Waals surface area contributed by atoms with Crippen LogP contribution >= 0.6 is 0 Å². The summed E-state index contributed by atoms with van der Waals surface area (Å²) in [6.45, 7) is 5.60. The molecule has 0 unspecified atom stereocenters. The van der Waals surface area contributed by atoms with Gasteiger partial charge in [-0.25, -0.2) is 17.5 Å². The van der Waals surface area contributed by atoms with Crippen LogP contribution in [-0.2, 0) is 21.4 Å². The standard InChI is InChI=1S/C26H34N4O4S.C2HF3O2/c1-3-35(33,34)30-10-8-20(9-11-30)24-16-29-25-22(24)12-21(13-23(25)26(27)32)19-6-4-18(5-7-19)15-28-14-17(2)31;3-2(4,5)1(6)7/h4-7,12-13,16-17,20,28-29,31H,3,8-11,14-15H2,1-2H3,(H2,27,32);(H,6,7)/t17-;/m1./s1. The Morgan fingerprint density at radius 1 is 1.14 bits per heavy atom. The van der Waals surface area contributed by atoms with Crippen molar-refractivity contribution in [2.75, 3.05) is 25.4 Å². The van der Waals surface area contributed by atoms with Crippen molar-refractivity contribution in [3.8, 4) is 11.1 Å². The summed E-state index contributed by atoms with van der Waals surface area (Å²) in [5.74, 6) is -2.93. The number of aliphatic hydroxyl groups is 1. The average molecular weight is 613 g/mol. The van der Waals surface area contributed by atoms with Crippen LogP contribution in [0.1, 0.15) is 54.1 Å². The summed E-state index contributed by atoms with van der Waals surface area (Å²) in [5, 5.41) is 20.7. The van der Waals surface area contributed by atoms with Gasteiger partial charge in [0.15, 0.2) is 0 Å². The zero-order valence-electron chi connectivity index (χ0n) is 23.2. The minimum Gasteiger partial charge on any atom is -0.475 e. The predicted octanol–water partition coefficient (Wildman–Crippen LogP) is 3.57. The highest BCUT2D eigenvalue weighted by Crippen LogP contribution is 2.37. The number of alkyl halides is 3. The van der Waals surface area contributed by atoms with Gasteiger partial charge in [0.25, 0.3) is 5.91 Å². The third-order valence-corrected chi connectivity index (χ3v) is 8.92. The summed E-state index contributed by atoms with van der Waals surface area (Å²) in [4.78, 5) is 24.4. The molecule has 1 aromatic heterocycles. The number of halogens is 3. The molecule has 0 saturated carbocycles. The second-order valence-electron chi connectivity index (χ2n) is 10.1. The van der Waals surface area contributed by atoms with Crippen molar-refractivity contribution in [2.24, 2.45) is 5.73 Å². The number of rotatable bonds is 9. The van der Waals surface area contributed by atoms with Crippen molar-refractivity contribution in [1.29, 1.82) is 0 Å². The summed E-state index contributed by atoms with van der Waals surface area (Å²) >= 11 is 0. The first-order valence-electron chi connectivity index (χ1n) is 13.3. The van der Waals surface area contributed by atoms with Crippen LogP contribution in [0.4, 0.5) is 13.2 Å². The zero-order valence-corrected chi connectivity index (χ0v) is 24.1. The highest BCUT2D eigenvalue weighted by molar-refractivity contribution is 7.89. The third kappa shape index (κ3) is 8.31. The highest BCUT2D eigenvalue weighted by Gasteiger charge is 2.38. The second kappa shape index (κ2) is 13.7. The van der Waals surface area contributed by atoms with Crippen molar-refractivity contribution in [2.45, 2.75) is 51.4 Å². The number of piperidine rings is 1. The number of carboxylic acid groups (broad SMARTS) is 1. The predicted molar refractivity (Wildman–Crippen MR) is 152 cm³/mol. The molecule has 0 bridgehead atoms. The van der Waals surface area contributed by atoms with Crippen LogP contribution < -0.4 is 11.1 Å². The molecular weight excluding hydrogens is 577 g/mol. The minimum absolute atomic E-state index is 0.117. The molecule has 1 saturated heterocycles. The fourth-order valence-electron chi connectivity index (χ4n) is 4.82. The number of amides is 1. The van der Waals surface area contributed by atoms with Crippen LogP contribution in [0, 0.1) is 0 Å². The van der Waals surface area contributed by atoms with E-state index in [1.807, 2.05) is 36.5 Å². The molecule has 2 heterocycles. The number of aromatic nitrogens is 1. The molecule has 10 nitrogen and oxygen atoms in total. The Morgan fingerprint density at radius 2 is 1.74 bits per heavy atom. The number of fused-ring (bicyclic) bond motifs is 1. The summed E-state index contributed by atoms with van der Waals surface area (Å²) in [5.41, 5.74) is 11.0. The second-order valence-corrected chi connectivity index (χ2v) is 12.4. The van der Waals surface area contributed by atoms with Crippen molar-refractivity contribution in [1.82, 2.24) is 14.6 Å². The van der Waals surface area contributed by atoms with Crippen molar-refractivity contribution < 1.29 is 41.4 Å². The van der Waals surface area contributed by atoms with E-state index in [9.17, 15) is 31.5 Å². The quantitative estimate of drug-likeness (QED) is 0.246. The molecule has 230 valence electrons. The van der Waals surface area contributed by atoms with E-state index in [1.165, 1.54) is 0 Å². The first-order chi connectivity index (χ1) is 19.6. The average Bonchev–Trinajstić information content (AvgIpc) is 3.36. The molecule has 3 aromatic rings. The van der Waals surface area contributed by atoms with Gasteiger partial charge in [-0.15, -0.1) is 0 Å². The molecule has 42 heavy (non-hydrogen) atoms. The molecule has 1 aliphatic rings. The van der Waals surface area contributed by atoms with Crippen LogP contribution in [0.15, 0.2) is 42.6 Å². The highest BCUT2D eigenvalue weighted by atomic mass is 32.2. The number of carbonyl (C=O) groups excluding carboxylic acids is 1. The van der Waals surface area contributed by atoms with E-state index in [4.69, 9.17) is 15.6 Å². The van der Waals surface area contributed by atoms with E-state index in [2.05, 4.69) is 16.4 Å². The molecule has 2 aromatic carbocycles. The number of nitrogens with zero attached hydrogens (tertiary/aromatic N) is 1. The largest absolute Gasteiger partial charge is 0.490 e. The first kappa shape index (κ1) is 33.0. The number of primary amides is 1. The Kier molecular flexibility index (Phi) is 10.8. The normalized spacial score (nSPS) is 15.7. The number of H-pyrrole nitrogens is 1. The van der Waals surface area contributed by atoms with Crippen LogP contribution in [0.25, 0.3) is 22.0 Å². The lowest BCUT2D eigenvalue weighted by atomic mass is 9.88. The number of carboxylic acids is 1. The number of aliphatic carboxylic acids is 1. The topological polar surface area (TPSA) is 166 Å². The summed E-state index contributed by atoms with van der Waals surface area (Å²) < 4.78 is 57.8. The smallest absolute Gasteiger partial charge is 0.475 e. The van der Waals surface area contributed by atoms with Crippen LogP contribution in [-0.4, -0.2) is 77.5 Å². The lowest BCUT2D eigenvalue weighted by molar-refractivity contribution is -0.192. The number of nitrogens with one attached hydrogen (secondary N) is 2. The van der Waals surface area contributed by atoms with Gasteiger partial charge < -0.3 is 26.2 Å². The van der Waals surface area contributed by atoms with Gasteiger partial charge in [-0.05, 0) is 67.0 Å². The molecule has 0 spiro atoms. The van der Waals surface area contributed by atoms with E-state index in [0.29, 0.717) is 31.7 Å². The Bertz CT molecular complexity index is 1500. The van der Waals surface area contributed by atoms with Gasteiger partial charge in [0.2, 0.25) is 10.0 Å². The Morgan fingerprint density at radius 3 is 2.24 bits per heavy atom. The van der Waals surface area contributed by atoms with E-state index >= 15 is 0 Å². The lowest BCUT2D eigenvalue weighted by Gasteiger charge is -2.31. The summed E-state index contributed by atoms with van der Waals surface area (Å²) in [7, 11) is -3.18. The van der Waals surface area contributed by atoms with Crippen molar-refractivity contribution >= 4 is 32.8 Å². The fourth-order valence-corrected chi connectivity index (χ4v) is 5.95. The Hall–Kier alpha value is -3.46. The lowest BCUT2D eigenvalue weighted by Crippen LogP contribution is -2.38. The maximum atomic E-state index is 12.3. The van der Waals surface area contributed by atoms with Gasteiger partial charge >= 0.3 is 12.1 Å². The number of aromatic amines is 1. The number of aliphatic hydroxyl groups excluding tert-OH is 1. The third-order valence-electron chi connectivity index (χ3n) is 7.04. The molecule has 0 aliphatic carbocycles. The van der Waals surface area contributed by atoms with Crippen LogP contribution in [0.3, 0.4) is 0 Å². The van der Waals surface area contributed by atoms with E-state index in [0.717, 1.165) is 46.0 Å². The molecule has 1 fully saturated rings. The van der Waals surface area contributed by atoms with Gasteiger partial charge in [-0.3, -0.25) is 4.79 Å². The number of hydrogen-bond acceptors (Lipinski definition) is 6. The van der Waals surface area contributed by atoms with E-state index < -0.39 is 34.2 Å². The molecule has 6 N–H and O–H groups in total. The van der Waals surface area contributed by atoms with E-state index in [1.54, 1.807) is 18.2 Å². The summed E-state index contributed by atoms with van der Waals surface area (Å²) in [6.07, 6.45) is -2.08. The van der Waals surface area contributed by atoms with E-state index in [-0.39, 0.29) is 11.7 Å². The number of nitrogens with two attached hydrogens (primary N) is 1. The molecule has 4 rings (SSSR count). The number of carbonyl (C=O) groups is 2. The van der Waals surface area contributed by atoms with Gasteiger partial charge in [-0.1, -0.05) is 24.3 Å². The minimum atomic E-state index is -5.08. The Balaban J connectivity index is 0.000000616. The van der Waals surface area contributed by atoms with Crippen molar-refractivity contribution in [3.63, 3.8) is 0 Å². The number of sulfonamides is 1. The maximum Gasteiger partial charge on any atom is 0.490 e. The maximum absolute atomic E-state index is 12.3. The molecule has 0 radical (unpaired) electrons. The molecule has 14 heteroatoms. The summed E-state index contributed by atoms with van der Waals surface area (Å²) in [6, 6.07) is 12.0. The SMILES string of the molecule is CCS(=O)(=O)N1CCC(c2c[nH]c3c(C(N)=O)cc(-c4ccc(CNC[C@@H](C)O)cc4)cc23)CC1.O=C(O)C(F)(F)F. The number of hydrogen-bond donors (Lipinski definition) is 5.